The van der Waals surface area contributed by atoms with Crippen LogP contribution in [0.5, 0.6) is 5.88 Å². The van der Waals surface area contributed by atoms with E-state index in [1.54, 1.807) is 13.2 Å². The third-order valence-corrected chi connectivity index (χ3v) is 6.52. The van der Waals surface area contributed by atoms with Gasteiger partial charge in [-0.1, -0.05) is 12.1 Å². The van der Waals surface area contributed by atoms with Crippen LogP contribution in [0.15, 0.2) is 46.8 Å². The Morgan fingerprint density at radius 2 is 1.96 bits per heavy atom. The molecule has 0 fully saturated rings. The first kappa shape index (κ1) is 17.7. The first-order chi connectivity index (χ1) is 12.8. The Kier molecular flexibility index (Phi) is 4.07. The summed E-state index contributed by atoms with van der Waals surface area (Å²) < 4.78 is 29.1. The lowest BCUT2D eigenvalue weighted by Crippen LogP contribution is -2.46. The van der Waals surface area contributed by atoms with Crippen molar-refractivity contribution in [2.75, 3.05) is 19.4 Å². The molecule has 1 aromatic heterocycles. The van der Waals surface area contributed by atoms with Crippen molar-refractivity contribution in [1.29, 1.82) is 0 Å². The maximum atomic E-state index is 11.8. The first-order valence-corrected chi connectivity index (χ1v) is 10.4. The van der Waals surface area contributed by atoms with Crippen LogP contribution in [0.3, 0.4) is 0 Å². The van der Waals surface area contributed by atoms with Gasteiger partial charge in [-0.05, 0) is 49.2 Å². The summed E-state index contributed by atoms with van der Waals surface area (Å²) in [4.78, 5) is 9.15. The summed E-state index contributed by atoms with van der Waals surface area (Å²) in [7, 11) is -1.60. The smallest absolute Gasteiger partial charge is 0.224 e. The van der Waals surface area contributed by atoms with Gasteiger partial charge in [-0.3, -0.25) is 4.99 Å². The maximum Gasteiger partial charge on any atom is 0.224 e. The standard InChI is InChI=1S/C20H21N3O3S/c1-13-4-5-15(10-14(13)2)17-7-6-16(19(22-17)26-3)18-21-11-20(23-18)8-9-27(24,25)12-20/h4-10H,11-12H2,1-3H3,(H,21,23). The van der Waals surface area contributed by atoms with Crippen molar-refractivity contribution in [3.05, 3.63) is 58.5 Å². The SMILES string of the molecule is COc1nc(-c2ccc(C)c(C)c2)ccc1C1=NCC2(C=CS(=O)(=O)C2)N1. The Hall–Kier alpha value is -2.67. The molecule has 6 nitrogen and oxygen atoms in total. The minimum Gasteiger partial charge on any atom is -0.480 e. The molecule has 1 N–H and O–H groups in total. The lowest BCUT2D eigenvalue weighted by atomic mass is 10.0. The van der Waals surface area contributed by atoms with Crippen LogP contribution < -0.4 is 10.1 Å². The largest absolute Gasteiger partial charge is 0.480 e. The predicted molar refractivity (Wildman–Crippen MR) is 106 cm³/mol. The Labute approximate surface area is 158 Å². The number of aliphatic imine (C=N–C) groups is 1. The molecular formula is C20H21N3O3S. The third-order valence-electron chi connectivity index (χ3n) is 5.05. The van der Waals surface area contributed by atoms with E-state index in [0.29, 0.717) is 18.3 Å². The number of amidine groups is 1. The zero-order chi connectivity index (χ0) is 19.2. The van der Waals surface area contributed by atoms with E-state index in [4.69, 9.17) is 4.74 Å². The average Bonchev–Trinajstić information content (AvgIpc) is 3.19. The van der Waals surface area contributed by atoms with Gasteiger partial charge in [0.2, 0.25) is 5.88 Å². The van der Waals surface area contributed by atoms with Crippen LogP contribution in [-0.2, 0) is 9.84 Å². The Morgan fingerprint density at radius 3 is 2.63 bits per heavy atom. The number of aryl methyl sites for hydroxylation is 2. The summed E-state index contributed by atoms with van der Waals surface area (Å²) in [5.41, 5.74) is 4.33. The quantitative estimate of drug-likeness (QED) is 0.880. The molecule has 7 heteroatoms. The van der Waals surface area contributed by atoms with Gasteiger partial charge in [0.15, 0.2) is 9.84 Å². The summed E-state index contributed by atoms with van der Waals surface area (Å²) >= 11 is 0. The molecule has 1 atom stereocenters. The fourth-order valence-corrected chi connectivity index (χ4v) is 4.93. The molecule has 2 aliphatic rings. The number of nitrogens with zero attached hydrogens (tertiary/aromatic N) is 2. The highest BCUT2D eigenvalue weighted by atomic mass is 32.2. The van der Waals surface area contributed by atoms with Crippen molar-refractivity contribution < 1.29 is 13.2 Å². The molecule has 1 spiro atoms. The molecule has 27 heavy (non-hydrogen) atoms. The fraction of sp³-hybridized carbons (Fsp3) is 0.300. The molecule has 0 aliphatic carbocycles. The second-order valence-corrected chi connectivity index (χ2v) is 8.99. The van der Waals surface area contributed by atoms with E-state index < -0.39 is 15.4 Å². The van der Waals surface area contributed by atoms with Crippen molar-refractivity contribution in [2.24, 2.45) is 4.99 Å². The summed E-state index contributed by atoms with van der Waals surface area (Å²) in [6, 6.07) is 10.1. The number of ether oxygens (including phenoxy) is 1. The normalized spacial score (nSPS) is 22.7. The van der Waals surface area contributed by atoms with Crippen LogP contribution in [-0.4, -0.2) is 44.2 Å². The highest BCUT2D eigenvalue weighted by Gasteiger charge is 2.42. The van der Waals surface area contributed by atoms with Gasteiger partial charge in [-0.15, -0.1) is 0 Å². The van der Waals surface area contributed by atoms with Gasteiger partial charge in [0.1, 0.15) is 5.84 Å². The Morgan fingerprint density at radius 1 is 1.15 bits per heavy atom. The monoisotopic (exact) mass is 383 g/mol. The minimum atomic E-state index is -3.17. The molecule has 3 heterocycles. The number of methoxy groups -OCH3 is 1. The molecule has 0 bridgehead atoms. The highest BCUT2D eigenvalue weighted by molar-refractivity contribution is 7.94. The molecule has 1 aromatic carbocycles. The first-order valence-electron chi connectivity index (χ1n) is 8.68. The van der Waals surface area contributed by atoms with Gasteiger partial charge in [0.05, 0.1) is 36.2 Å². The number of benzene rings is 1. The van der Waals surface area contributed by atoms with Crippen LogP contribution in [0, 0.1) is 13.8 Å². The van der Waals surface area contributed by atoms with Crippen LogP contribution in [0.2, 0.25) is 0 Å². The highest BCUT2D eigenvalue weighted by Crippen LogP contribution is 2.29. The van der Waals surface area contributed by atoms with Crippen molar-refractivity contribution >= 4 is 15.7 Å². The number of aromatic nitrogens is 1. The number of sulfone groups is 1. The Bertz CT molecular complexity index is 1090. The minimum absolute atomic E-state index is 0.0173. The number of hydrogen-bond acceptors (Lipinski definition) is 6. The van der Waals surface area contributed by atoms with E-state index in [9.17, 15) is 8.42 Å². The molecule has 0 saturated heterocycles. The summed E-state index contributed by atoms with van der Waals surface area (Å²) in [5.74, 6) is 1.08. The Balaban J connectivity index is 1.65. The zero-order valence-corrected chi connectivity index (χ0v) is 16.3. The molecule has 2 aromatic rings. The topological polar surface area (TPSA) is 80.7 Å². The molecule has 2 aliphatic heterocycles. The van der Waals surface area contributed by atoms with Gasteiger partial charge in [-0.25, -0.2) is 13.4 Å². The third kappa shape index (κ3) is 3.23. The van der Waals surface area contributed by atoms with Gasteiger partial charge in [0, 0.05) is 11.0 Å². The second-order valence-electron chi connectivity index (χ2n) is 7.11. The van der Waals surface area contributed by atoms with Crippen LogP contribution in [0.1, 0.15) is 16.7 Å². The van der Waals surface area contributed by atoms with E-state index in [1.165, 1.54) is 16.5 Å². The fourth-order valence-electron chi connectivity index (χ4n) is 3.39. The molecule has 140 valence electrons. The number of nitrogens with one attached hydrogen (secondary N) is 1. The lowest BCUT2D eigenvalue weighted by Gasteiger charge is -2.21. The predicted octanol–water partition coefficient (Wildman–Crippen LogP) is 2.40. The second kappa shape index (κ2) is 6.20. The molecular weight excluding hydrogens is 362 g/mol. The lowest BCUT2D eigenvalue weighted by molar-refractivity contribution is 0.397. The van der Waals surface area contributed by atoms with Crippen molar-refractivity contribution in [3.63, 3.8) is 0 Å². The van der Waals surface area contributed by atoms with Crippen LogP contribution in [0.4, 0.5) is 0 Å². The van der Waals surface area contributed by atoms with E-state index in [1.807, 2.05) is 18.2 Å². The van der Waals surface area contributed by atoms with Crippen molar-refractivity contribution in [2.45, 2.75) is 19.4 Å². The maximum absolute atomic E-state index is 11.8. The van der Waals surface area contributed by atoms with E-state index in [0.717, 1.165) is 16.8 Å². The number of rotatable bonds is 3. The number of pyridine rings is 1. The van der Waals surface area contributed by atoms with Crippen LogP contribution in [0.25, 0.3) is 11.3 Å². The molecule has 4 rings (SSSR count). The van der Waals surface area contributed by atoms with Gasteiger partial charge < -0.3 is 10.1 Å². The molecule has 1 unspecified atom stereocenters. The molecule has 0 radical (unpaired) electrons. The van der Waals surface area contributed by atoms with E-state index in [2.05, 4.69) is 41.3 Å². The van der Waals surface area contributed by atoms with Crippen molar-refractivity contribution in [3.8, 4) is 17.1 Å². The van der Waals surface area contributed by atoms with Crippen molar-refractivity contribution in [1.82, 2.24) is 10.3 Å². The van der Waals surface area contributed by atoms with Crippen LogP contribution >= 0.6 is 0 Å². The molecule has 0 amide bonds. The molecule has 0 saturated carbocycles. The van der Waals surface area contributed by atoms with E-state index in [-0.39, 0.29) is 5.75 Å². The summed E-state index contributed by atoms with van der Waals surface area (Å²) in [6.07, 6.45) is 1.68. The zero-order valence-electron chi connectivity index (χ0n) is 15.5. The summed E-state index contributed by atoms with van der Waals surface area (Å²) in [5, 5.41) is 4.51. The summed E-state index contributed by atoms with van der Waals surface area (Å²) in [6.45, 7) is 4.53. The van der Waals surface area contributed by atoms with Gasteiger partial charge in [0.25, 0.3) is 0 Å². The average molecular weight is 383 g/mol. The number of hydrogen-bond donors (Lipinski definition) is 1. The van der Waals surface area contributed by atoms with Gasteiger partial charge in [-0.2, -0.15) is 0 Å². The van der Waals surface area contributed by atoms with Gasteiger partial charge >= 0.3 is 0 Å². The van der Waals surface area contributed by atoms with E-state index >= 15 is 0 Å².